The van der Waals surface area contributed by atoms with Gasteiger partial charge >= 0.3 is 5.97 Å². The molecular formula is C13H17FN2O4S. The molecule has 0 saturated carbocycles. The number of carbonyl (C=O) groups is 1. The van der Waals surface area contributed by atoms with Crippen molar-refractivity contribution in [3.63, 3.8) is 0 Å². The molecule has 1 heterocycles. The Kier molecular flexibility index (Phi) is 4.92. The Morgan fingerprint density at radius 2 is 1.90 bits per heavy atom. The van der Waals surface area contributed by atoms with Crippen LogP contribution in [0.25, 0.3) is 0 Å². The third-order valence-electron chi connectivity index (χ3n) is 3.41. The Labute approximate surface area is 122 Å². The lowest BCUT2D eigenvalue weighted by atomic mass is 10.3. The Balaban J connectivity index is 1.99. The average Bonchev–Trinajstić information content (AvgIpc) is 2.45. The van der Waals surface area contributed by atoms with Crippen molar-refractivity contribution < 1.29 is 22.7 Å². The van der Waals surface area contributed by atoms with Crippen molar-refractivity contribution in [1.82, 2.24) is 9.21 Å². The number of nitrogens with zero attached hydrogens (tertiary/aromatic N) is 2. The van der Waals surface area contributed by atoms with Crippen LogP contribution in [-0.4, -0.2) is 61.4 Å². The first kappa shape index (κ1) is 15.9. The van der Waals surface area contributed by atoms with Crippen molar-refractivity contribution in [2.75, 3.05) is 32.7 Å². The first-order chi connectivity index (χ1) is 9.89. The molecule has 1 saturated heterocycles. The molecule has 1 aromatic carbocycles. The number of piperazine rings is 1. The number of carboxylic acids is 1. The highest BCUT2D eigenvalue weighted by Gasteiger charge is 2.28. The van der Waals surface area contributed by atoms with Crippen LogP contribution in [0.2, 0.25) is 0 Å². The highest BCUT2D eigenvalue weighted by molar-refractivity contribution is 7.89. The number of halogens is 1. The molecule has 2 rings (SSSR count). The van der Waals surface area contributed by atoms with E-state index in [1.807, 2.05) is 4.90 Å². The van der Waals surface area contributed by atoms with Crippen LogP contribution < -0.4 is 0 Å². The lowest BCUT2D eigenvalue weighted by molar-refractivity contribution is -0.137. The van der Waals surface area contributed by atoms with Crippen LogP contribution in [0.1, 0.15) is 6.42 Å². The van der Waals surface area contributed by atoms with Gasteiger partial charge in [0.1, 0.15) is 5.82 Å². The molecule has 1 aromatic rings. The second-order valence-electron chi connectivity index (χ2n) is 4.85. The molecule has 1 aliphatic rings. The van der Waals surface area contributed by atoms with E-state index in [0.717, 1.165) is 6.07 Å². The monoisotopic (exact) mass is 316 g/mol. The van der Waals surface area contributed by atoms with E-state index in [1.165, 1.54) is 22.5 Å². The molecule has 0 radical (unpaired) electrons. The maximum atomic E-state index is 13.2. The van der Waals surface area contributed by atoms with E-state index >= 15 is 0 Å². The summed E-state index contributed by atoms with van der Waals surface area (Å²) in [7, 11) is -3.69. The Morgan fingerprint density at radius 3 is 2.48 bits per heavy atom. The van der Waals surface area contributed by atoms with Crippen molar-refractivity contribution in [3.05, 3.63) is 30.1 Å². The fraction of sp³-hybridized carbons (Fsp3) is 0.462. The van der Waals surface area contributed by atoms with Crippen molar-refractivity contribution in [1.29, 1.82) is 0 Å². The van der Waals surface area contributed by atoms with E-state index in [1.54, 1.807) is 0 Å². The van der Waals surface area contributed by atoms with Gasteiger partial charge in [-0.3, -0.25) is 4.79 Å². The van der Waals surface area contributed by atoms with Crippen LogP contribution in [0.4, 0.5) is 4.39 Å². The van der Waals surface area contributed by atoms with Gasteiger partial charge in [-0.1, -0.05) is 6.07 Å². The molecule has 0 amide bonds. The molecule has 1 fully saturated rings. The molecule has 0 spiro atoms. The zero-order valence-corrected chi connectivity index (χ0v) is 12.2. The zero-order valence-electron chi connectivity index (χ0n) is 11.4. The molecule has 0 aromatic heterocycles. The zero-order chi connectivity index (χ0) is 15.5. The molecule has 1 aliphatic heterocycles. The van der Waals surface area contributed by atoms with E-state index in [4.69, 9.17) is 5.11 Å². The van der Waals surface area contributed by atoms with Gasteiger partial charge in [0.15, 0.2) is 0 Å². The summed E-state index contributed by atoms with van der Waals surface area (Å²) in [5, 5.41) is 8.63. The minimum atomic E-state index is -3.69. The smallest absolute Gasteiger partial charge is 0.304 e. The summed E-state index contributed by atoms with van der Waals surface area (Å²) in [6, 6.07) is 4.94. The largest absolute Gasteiger partial charge is 0.481 e. The van der Waals surface area contributed by atoms with E-state index in [-0.39, 0.29) is 24.4 Å². The number of hydrogen-bond donors (Lipinski definition) is 1. The van der Waals surface area contributed by atoms with E-state index in [9.17, 15) is 17.6 Å². The van der Waals surface area contributed by atoms with Crippen LogP contribution in [0.3, 0.4) is 0 Å². The number of carboxylic acid groups (broad SMARTS) is 1. The summed E-state index contributed by atoms with van der Waals surface area (Å²) in [6.45, 7) is 1.91. The Bertz CT molecular complexity index is 612. The third-order valence-corrected chi connectivity index (χ3v) is 5.30. The minimum absolute atomic E-state index is 0.0383. The third kappa shape index (κ3) is 3.99. The summed E-state index contributed by atoms with van der Waals surface area (Å²) < 4.78 is 39.2. The van der Waals surface area contributed by atoms with Crippen LogP contribution in [-0.2, 0) is 14.8 Å². The summed E-state index contributed by atoms with van der Waals surface area (Å²) in [5.74, 6) is -1.46. The van der Waals surface area contributed by atoms with Crippen LogP contribution in [0, 0.1) is 5.82 Å². The number of aliphatic carboxylic acids is 1. The van der Waals surface area contributed by atoms with Gasteiger partial charge in [-0.25, -0.2) is 12.8 Å². The average molecular weight is 316 g/mol. The predicted molar refractivity (Wildman–Crippen MR) is 73.9 cm³/mol. The molecule has 21 heavy (non-hydrogen) atoms. The summed E-state index contributed by atoms with van der Waals surface area (Å²) >= 11 is 0. The maximum Gasteiger partial charge on any atom is 0.304 e. The summed E-state index contributed by atoms with van der Waals surface area (Å²) in [6.07, 6.45) is 0.0383. The first-order valence-corrected chi connectivity index (χ1v) is 8.03. The fourth-order valence-corrected chi connectivity index (χ4v) is 3.68. The van der Waals surface area contributed by atoms with Crippen molar-refractivity contribution in [3.8, 4) is 0 Å². The second-order valence-corrected chi connectivity index (χ2v) is 6.78. The lowest BCUT2D eigenvalue weighted by Gasteiger charge is -2.33. The Morgan fingerprint density at radius 1 is 1.24 bits per heavy atom. The molecule has 0 atom stereocenters. The second kappa shape index (κ2) is 6.50. The molecule has 6 nitrogen and oxygen atoms in total. The molecule has 0 unspecified atom stereocenters. The van der Waals surface area contributed by atoms with Crippen molar-refractivity contribution in [2.45, 2.75) is 11.3 Å². The fourth-order valence-electron chi connectivity index (χ4n) is 2.22. The van der Waals surface area contributed by atoms with Crippen molar-refractivity contribution >= 4 is 16.0 Å². The molecule has 116 valence electrons. The first-order valence-electron chi connectivity index (χ1n) is 6.59. The van der Waals surface area contributed by atoms with Crippen LogP contribution in [0.15, 0.2) is 29.2 Å². The highest BCUT2D eigenvalue weighted by Crippen LogP contribution is 2.18. The van der Waals surface area contributed by atoms with Gasteiger partial charge in [0, 0.05) is 32.7 Å². The quantitative estimate of drug-likeness (QED) is 0.861. The molecule has 0 aliphatic carbocycles. The number of hydrogen-bond acceptors (Lipinski definition) is 4. The van der Waals surface area contributed by atoms with Crippen molar-refractivity contribution in [2.24, 2.45) is 0 Å². The van der Waals surface area contributed by atoms with Gasteiger partial charge in [-0.15, -0.1) is 0 Å². The number of benzene rings is 1. The SMILES string of the molecule is O=C(O)CCN1CCN(S(=O)(=O)c2cccc(F)c2)CC1. The summed E-state index contributed by atoms with van der Waals surface area (Å²) in [4.78, 5) is 12.4. The lowest BCUT2D eigenvalue weighted by Crippen LogP contribution is -2.48. The van der Waals surface area contributed by atoms with E-state index in [2.05, 4.69) is 0 Å². The van der Waals surface area contributed by atoms with Crippen LogP contribution in [0.5, 0.6) is 0 Å². The standard InChI is InChI=1S/C13H17FN2O4S/c14-11-2-1-3-12(10-11)21(19,20)16-8-6-15(7-9-16)5-4-13(17)18/h1-3,10H,4-9H2,(H,17,18). The van der Waals surface area contributed by atoms with Gasteiger partial charge in [0.2, 0.25) is 10.0 Å². The topological polar surface area (TPSA) is 77.9 Å². The van der Waals surface area contributed by atoms with E-state index < -0.39 is 21.8 Å². The molecular weight excluding hydrogens is 299 g/mol. The minimum Gasteiger partial charge on any atom is -0.481 e. The van der Waals surface area contributed by atoms with Gasteiger partial charge in [-0.2, -0.15) is 4.31 Å². The number of sulfonamides is 1. The van der Waals surface area contributed by atoms with Gasteiger partial charge in [0.05, 0.1) is 11.3 Å². The van der Waals surface area contributed by atoms with Gasteiger partial charge < -0.3 is 10.0 Å². The predicted octanol–water partition coefficient (Wildman–Crippen LogP) is 0.607. The molecule has 8 heteroatoms. The van der Waals surface area contributed by atoms with Gasteiger partial charge in [0.25, 0.3) is 0 Å². The molecule has 1 N–H and O–H groups in total. The molecule has 0 bridgehead atoms. The normalized spacial score (nSPS) is 17.8. The summed E-state index contributed by atoms with van der Waals surface area (Å²) in [5.41, 5.74) is 0. The van der Waals surface area contributed by atoms with Crippen LogP contribution >= 0.6 is 0 Å². The van der Waals surface area contributed by atoms with Gasteiger partial charge in [-0.05, 0) is 18.2 Å². The highest BCUT2D eigenvalue weighted by atomic mass is 32.2. The maximum absolute atomic E-state index is 13.2. The Hall–Kier alpha value is -1.51. The van der Waals surface area contributed by atoms with E-state index in [0.29, 0.717) is 19.6 Å². The number of rotatable bonds is 5.